The Kier molecular flexibility index (Phi) is 5.90. The minimum Gasteiger partial charge on any atom is -0.341 e. The van der Waals surface area contributed by atoms with E-state index in [-0.39, 0.29) is 30.0 Å². The molecule has 2 aromatic rings. The molecular formula is C23H26FN3O2. The van der Waals surface area contributed by atoms with Gasteiger partial charge < -0.3 is 9.80 Å². The van der Waals surface area contributed by atoms with Gasteiger partial charge in [-0.05, 0) is 36.2 Å². The Morgan fingerprint density at radius 3 is 2.48 bits per heavy atom. The van der Waals surface area contributed by atoms with Gasteiger partial charge in [0.1, 0.15) is 5.82 Å². The highest BCUT2D eigenvalue weighted by Crippen LogP contribution is 2.26. The predicted octanol–water partition coefficient (Wildman–Crippen LogP) is 2.91. The minimum atomic E-state index is -0.272. The second kappa shape index (κ2) is 8.74. The van der Waals surface area contributed by atoms with Crippen LogP contribution in [0.2, 0.25) is 0 Å². The highest BCUT2D eigenvalue weighted by atomic mass is 19.1. The average Bonchev–Trinajstić information content (AvgIpc) is 2.98. The number of halogens is 1. The smallest absolute Gasteiger partial charge is 0.228 e. The normalized spacial score (nSPS) is 20.7. The van der Waals surface area contributed by atoms with Crippen molar-refractivity contribution in [2.75, 3.05) is 37.6 Å². The zero-order valence-electron chi connectivity index (χ0n) is 16.5. The first-order valence-corrected chi connectivity index (χ1v) is 10.2. The maximum absolute atomic E-state index is 13.1. The molecule has 29 heavy (non-hydrogen) atoms. The summed E-state index contributed by atoms with van der Waals surface area (Å²) >= 11 is 0. The van der Waals surface area contributed by atoms with Crippen molar-refractivity contribution in [3.8, 4) is 0 Å². The third-order valence-corrected chi connectivity index (χ3v) is 5.76. The van der Waals surface area contributed by atoms with E-state index in [0.29, 0.717) is 13.1 Å². The lowest BCUT2D eigenvalue weighted by Crippen LogP contribution is -2.39. The van der Waals surface area contributed by atoms with Gasteiger partial charge in [0.05, 0.1) is 5.92 Å². The van der Waals surface area contributed by atoms with Crippen molar-refractivity contribution in [1.29, 1.82) is 0 Å². The standard InChI is InChI=1S/C23H26FN3O2/c24-20-9-7-18(8-10-20)16-25-11-4-12-26(14-13-25)23(29)19-15-22(28)27(17-19)21-5-2-1-3-6-21/h1-3,5-10,19H,4,11-17H2. The Bertz CT molecular complexity index is 856. The summed E-state index contributed by atoms with van der Waals surface area (Å²) in [7, 11) is 0. The number of benzene rings is 2. The van der Waals surface area contributed by atoms with Crippen molar-refractivity contribution in [1.82, 2.24) is 9.80 Å². The molecule has 0 saturated carbocycles. The first-order valence-electron chi connectivity index (χ1n) is 10.2. The van der Waals surface area contributed by atoms with Crippen LogP contribution in [0.15, 0.2) is 54.6 Å². The Labute approximate surface area is 170 Å². The molecular weight excluding hydrogens is 369 g/mol. The van der Waals surface area contributed by atoms with E-state index < -0.39 is 0 Å². The molecule has 2 aromatic carbocycles. The van der Waals surface area contributed by atoms with E-state index in [2.05, 4.69) is 4.90 Å². The minimum absolute atomic E-state index is 0.0160. The summed E-state index contributed by atoms with van der Waals surface area (Å²) in [6, 6.07) is 16.1. The van der Waals surface area contributed by atoms with Crippen LogP contribution in [0.5, 0.6) is 0 Å². The summed E-state index contributed by atoms with van der Waals surface area (Å²) < 4.78 is 13.1. The van der Waals surface area contributed by atoms with Crippen molar-refractivity contribution in [2.24, 2.45) is 5.92 Å². The second-order valence-corrected chi connectivity index (χ2v) is 7.82. The lowest BCUT2D eigenvalue weighted by atomic mass is 10.1. The Morgan fingerprint density at radius 1 is 0.966 bits per heavy atom. The lowest BCUT2D eigenvalue weighted by Gasteiger charge is -2.24. The van der Waals surface area contributed by atoms with E-state index in [9.17, 15) is 14.0 Å². The molecule has 2 fully saturated rings. The number of rotatable bonds is 4. The van der Waals surface area contributed by atoms with Gasteiger partial charge >= 0.3 is 0 Å². The Balaban J connectivity index is 1.34. The van der Waals surface area contributed by atoms with Crippen LogP contribution in [0.1, 0.15) is 18.4 Å². The fraction of sp³-hybridized carbons (Fsp3) is 0.391. The molecule has 0 bridgehead atoms. The number of hydrogen-bond donors (Lipinski definition) is 0. The zero-order valence-corrected chi connectivity index (χ0v) is 16.5. The number of para-hydroxylation sites is 1. The Hall–Kier alpha value is -2.73. The van der Waals surface area contributed by atoms with Crippen LogP contribution in [-0.4, -0.2) is 54.3 Å². The molecule has 0 aliphatic carbocycles. The Morgan fingerprint density at radius 2 is 1.72 bits per heavy atom. The van der Waals surface area contributed by atoms with Gasteiger partial charge in [-0.3, -0.25) is 14.5 Å². The molecule has 2 aliphatic rings. The van der Waals surface area contributed by atoms with Crippen molar-refractivity contribution < 1.29 is 14.0 Å². The summed E-state index contributed by atoms with van der Waals surface area (Å²) in [4.78, 5) is 31.4. The number of carbonyl (C=O) groups is 2. The van der Waals surface area contributed by atoms with E-state index in [0.717, 1.165) is 43.9 Å². The molecule has 2 amide bonds. The van der Waals surface area contributed by atoms with Crippen molar-refractivity contribution >= 4 is 17.5 Å². The number of anilines is 1. The van der Waals surface area contributed by atoms with Gasteiger partial charge in [-0.2, -0.15) is 0 Å². The number of carbonyl (C=O) groups excluding carboxylic acids is 2. The molecule has 1 unspecified atom stereocenters. The van der Waals surface area contributed by atoms with Gasteiger partial charge in [0.15, 0.2) is 0 Å². The molecule has 1 atom stereocenters. The number of amides is 2. The van der Waals surface area contributed by atoms with Crippen molar-refractivity contribution in [3.63, 3.8) is 0 Å². The largest absolute Gasteiger partial charge is 0.341 e. The van der Waals surface area contributed by atoms with E-state index in [1.54, 1.807) is 4.90 Å². The quantitative estimate of drug-likeness (QED) is 0.800. The molecule has 5 nitrogen and oxygen atoms in total. The van der Waals surface area contributed by atoms with Gasteiger partial charge in [-0.15, -0.1) is 0 Å². The van der Waals surface area contributed by atoms with E-state index in [1.165, 1.54) is 12.1 Å². The van der Waals surface area contributed by atoms with Gasteiger partial charge in [0, 0.05) is 51.4 Å². The third-order valence-electron chi connectivity index (χ3n) is 5.76. The highest BCUT2D eigenvalue weighted by molar-refractivity contribution is 6.00. The van der Waals surface area contributed by atoms with Gasteiger partial charge in [0.25, 0.3) is 0 Å². The van der Waals surface area contributed by atoms with Crippen molar-refractivity contribution in [2.45, 2.75) is 19.4 Å². The maximum atomic E-state index is 13.1. The van der Waals surface area contributed by atoms with Crippen LogP contribution in [-0.2, 0) is 16.1 Å². The number of hydrogen-bond acceptors (Lipinski definition) is 3. The van der Waals surface area contributed by atoms with Crippen LogP contribution >= 0.6 is 0 Å². The number of nitrogens with zero attached hydrogens (tertiary/aromatic N) is 3. The molecule has 4 rings (SSSR count). The summed E-state index contributed by atoms with van der Waals surface area (Å²) in [6.07, 6.45) is 1.18. The molecule has 152 valence electrons. The molecule has 0 aromatic heterocycles. The molecule has 0 spiro atoms. The average molecular weight is 395 g/mol. The van der Waals surface area contributed by atoms with E-state index in [4.69, 9.17) is 0 Å². The first kappa shape index (κ1) is 19.6. The van der Waals surface area contributed by atoms with Crippen LogP contribution in [0.4, 0.5) is 10.1 Å². The van der Waals surface area contributed by atoms with Crippen molar-refractivity contribution in [3.05, 3.63) is 66.0 Å². The van der Waals surface area contributed by atoms with Crippen LogP contribution < -0.4 is 4.90 Å². The van der Waals surface area contributed by atoms with Gasteiger partial charge in [-0.25, -0.2) is 4.39 Å². The second-order valence-electron chi connectivity index (χ2n) is 7.82. The van der Waals surface area contributed by atoms with Crippen LogP contribution in [0.25, 0.3) is 0 Å². The monoisotopic (exact) mass is 395 g/mol. The molecule has 0 radical (unpaired) electrons. The van der Waals surface area contributed by atoms with E-state index >= 15 is 0 Å². The SMILES string of the molecule is O=C(C1CC(=O)N(c2ccccc2)C1)N1CCCN(Cc2ccc(F)cc2)CC1. The lowest BCUT2D eigenvalue weighted by molar-refractivity contribution is -0.135. The predicted molar refractivity (Wildman–Crippen MR) is 110 cm³/mol. The zero-order chi connectivity index (χ0) is 20.2. The summed E-state index contributed by atoms with van der Waals surface area (Å²) in [5.41, 5.74) is 1.93. The van der Waals surface area contributed by atoms with Gasteiger partial charge in [-0.1, -0.05) is 30.3 Å². The summed E-state index contributed by atoms with van der Waals surface area (Å²) in [5.74, 6) is -0.397. The molecule has 2 saturated heterocycles. The third kappa shape index (κ3) is 4.65. The molecule has 2 aliphatic heterocycles. The fourth-order valence-electron chi connectivity index (χ4n) is 4.19. The topological polar surface area (TPSA) is 43.9 Å². The molecule has 2 heterocycles. The van der Waals surface area contributed by atoms with Gasteiger partial charge in [0.2, 0.25) is 11.8 Å². The molecule has 6 heteroatoms. The summed E-state index contributed by atoms with van der Waals surface area (Å²) in [5, 5.41) is 0. The first-order chi connectivity index (χ1) is 14.1. The maximum Gasteiger partial charge on any atom is 0.228 e. The van der Waals surface area contributed by atoms with Crippen LogP contribution in [0, 0.1) is 11.7 Å². The van der Waals surface area contributed by atoms with E-state index in [1.807, 2.05) is 47.4 Å². The molecule has 0 N–H and O–H groups in total. The van der Waals surface area contributed by atoms with Crippen LogP contribution in [0.3, 0.4) is 0 Å². The summed E-state index contributed by atoms with van der Waals surface area (Å²) in [6.45, 7) is 4.28. The fourth-order valence-corrected chi connectivity index (χ4v) is 4.19. The highest BCUT2D eigenvalue weighted by Gasteiger charge is 2.37.